The maximum Gasteiger partial charge on any atom is 0.414 e. The fourth-order valence-corrected chi connectivity index (χ4v) is 3.55. The molecule has 0 atom stereocenters. The molecule has 0 radical (unpaired) electrons. The molecular weight excluding hydrogens is 452 g/mol. The number of phenols is 1. The van der Waals surface area contributed by atoms with Crippen LogP contribution >= 0.6 is 0 Å². The van der Waals surface area contributed by atoms with Gasteiger partial charge < -0.3 is 24.2 Å². The van der Waals surface area contributed by atoms with E-state index < -0.39 is 17.7 Å². The molecule has 9 heteroatoms. The lowest BCUT2D eigenvalue weighted by atomic mass is 10.1. The van der Waals surface area contributed by atoms with Crippen LogP contribution in [0.15, 0.2) is 42.5 Å². The van der Waals surface area contributed by atoms with Gasteiger partial charge in [0.1, 0.15) is 5.60 Å². The Kier molecular flexibility index (Phi) is 7.68. The van der Waals surface area contributed by atoms with Crippen LogP contribution in [0.25, 0.3) is 6.08 Å². The van der Waals surface area contributed by atoms with Crippen LogP contribution in [-0.2, 0) is 14.3 Å². The highest BCUT2D eigenvalue weighted by atomic mass is 16.6. The molecule has 0 fully saturated rings. The van der Waals surface area contributed by atoms with E-state index in [9.17, 15) is 19.5 Å². The van der Waals surface area contributed by atoms with E-state index in [0.717, 1.165) is 0 Å². The van der Waals surface area contributed by atoms with Crippen LogP contribution in [0, 0.1) is 0 Å². The number of esters is 1. The number of amides is 2. The first-order chi connectivity index (χ1) is 16.5. The van der Waals surface area contributed by atoms with E-state index in [-0.39, 0.29) is 36.9 Å². The molecule has 0 saturated carbocycles. The Hall–Kier alpha value is -4.01. The van der Waals surface area contributed by atoms with Crippen molar-refractivity contribution in [2.45, 2.75) is 33.3 Å². The number of ether oxygens (including phenoxy) is 3. The van der Waals surface area contributed by atoms with Crippen molar-refractivity contribution in [3.8, 4) is 11.5 Å². The predicted octanol–water partition coefficient (Wildman–Crippen LogP) is 4.38. The molecule has 0 aliphatic carbocycles. The average Bonchev–Trinajstić information content (AvgIpc) is 2.80. The van der Waals surface area contributed by atoms with Crippen LogP contribution in [0.5, 0.6) is 11.5 Å². The highest BCUT2D eigenvalue weighted by Gasteiger charge is 2.32. The summed E-state index contributed by atoms with van der Waals surface area (Å²) in [5.41, 5.74) is 0.997. The van der Waals surface area contributed by atoms with E-state index in [4.69, 9.17) is 14.2 Å². The third-order valence-electron chi connectivity index (χ3n) is 5.12. The van der Waals surface area contributed by atoms with E-state index in [1.807, 2.05) is 0 Å². The van der Waals surface area contributed by atoms with Crippen molar-refractivity contribution < 1.29 is 33.7 Å². The number of hydrogen-bond donors (Lipinski definition) is 1. The van der Waals surface area contributed by atoms with E-state index in [1.165, 1.54) is 35.1 Å². The molecule has 1 aliphatic heterocycles. The molecule has 1 N–H and O–H groups in total. The molecule has 0 aromatic heterocycles. The minimum Gasteiger partial charge on any atom is -0.504 e. The quantitative estimate of drug-likeness (QED) is 0.498. The summed E-state index contributed by atoms with van der Waals surface area (Å²) in [7, 11) is 1.45. The molecule has 186 valence electrons. The van der Waals surface area contributed by atoms with Crippen LogP contribution < -0.4 is 14.5 Å². The van der Waals surface area contributed by atoms with E-state index in [1.54, 1.807) is 58.0 Å². The number of nitrogens with zero attached hydrogens (tertiary/aromatic N) is 2. The van der Waals surface area contributed by atoms with Gasteiger partial charge in [-0.2, -0.15) is 0 Å². The Labute approximate surface area is 204 Å². The SMILES string of the molecule is CCOC(=O)c1ccc2c(c1)N(C(=O)OC(C)(C)C)CCN2C(=O)C=Cc1ccc(OC)c(O)c1. The second kappa shape index (κ2) is 10.5. The van der Waals surface area contributed by atoms with Crippen LogP contribution in [0.3, 0.4) is 0 Å². The first-order valence-electron chi connectivity index (χ1n) is 11.2. The molecular formula is C26H30N2O7. The number of methoxy groups -OCH3 is 1. The summed E-state index contributed by atoms with van der Waals surface area (Å²) in [5.74, 6) is -0.556. The predicted molar refractivity (Wildman–Crippen MR) is 132 cm³/mol. The number of benzene rings is 2. The van der Waals surface area contributed by atoms with Gasteiger partial charge in [-0.1, -0.05) is 6.07 Å². The first kappa shape index (κ1) is 25.6. The Balaban J connectivity index is 1.93. The van der Waals surface area contributed by atoms with Crippen LogP contribution in [0.1, 0.15) is 43.6 Å². The highest BCUT2D eigenvalue weighted by molar-refractivity contribution is 6.09. The van der Waals surface area contributed by atoms with E-state index in [2.05, 4.69) is 0 Å². The lowest BCUT2D eigenvalue weighted by molar-refractivity contribution is -0.114. The molecule has 1 aliphatic rings. The van der Waals surface area contributed by atoms with Crippen molar-refractivity contribution >= 4 is 35.4 Å². The molecule has 1 heterocycles. The van der Waals surface area contributed by atoms with Crippen molar-refractivity contribution in [2.75, 3.05) is 36.6 Å². The lowest BCUT2D eigenvalue weighted by Crippen LogP contribution is -2.47. The second-order valence-electron chi connectivity index (χ2n) is 8.81. The normalized spacial score (nSPS) is 13.4. The topological polar surface area (TPSA) is 106 Å². The standard InChI is InChI=1S/C26H30N2O7/c1-6-34-24(31)18-9-10-19-20(16-18)28(25(32)35-26(2,3)4)14-13-27(19)23(30)12-8-17-7-11-22(33-5)21(29)15-17/h7-12,15-16,29H,6,13-14H2,1-5H3. The number of carbonyl (C=O) groups excluding carboxylic acids is 3. The van der Waals surface area contributed by atoms with Gasteiger partial charge in [-0.15, -0.1) is 0 Å². The van der Waals surface area contributed by atoms with Crippen molar-refractivity contribution in [2.24, 2.45) is 0 Å². The monoisotopic (exact) mass is 482 g/mol. The Morgan fingerprint density at radius 3 is 2.37 bits per heavy atom. The van der Waals surface area contributed by atoms with Gasteiger partial charge in [-0.05, 0) is 69.7 Å². The molecule has 0 saturated heterocycles. The third-order valence-corrected chi connectivity index (χ3v) is 5.12. The van der Waals surface area contributed by atoms with E-state index in [0.29, 0.717) is 22.7 Å². The number of phenolic OH excluding ortho intramolecular Hbond substituents is 1. The van der Waals surface area contributed by atoms with Gasteiger partial charge in [0.25, 0.3) is 5.91 Å². The summed E-state index contributed by atoms with van der Waals surface area (Å²) in [6.45, 7) is 7.62. The Bertz CT molecular complexity index is 1150. The number of hydrogen-bond acceptors (Lipinski definition) is 7. The molecule has 2 amide bonds. The Morgan fingerprint density at radius 2 is 1.74 bits per heavy atom. The zero-order chi connectivity index (χ0) is 25.8. The summed E-state index contributed by atoms with van der Waals surface area (Å²) in [4.78, 5) is 41.2. The molecule has 2 aromatic carbocycles. The number of rotatable bonds is 5. The van der Waals surface area contributed by atoms with Crippen LogP contribution in [0.2, 0.25) is 0 Å². The fraction of sp³-hybridized carbons (Fsp3) is 0.346. The third kappa shape index (κ3) is 6.11. The molecule has 3 rings (SSSR count). The summed E-state index contributed by atoms with van der Waals surface area (Å²) in [5, 5.41) is 9.96. The molecule has 0 spiro atoms. The molecule has 2 aromatic rings. The van der Waals surface area contributed by atoms with Gasteiger partial charge in [0, 0.05) is 19.2 Å². The van der Waals surface area contributed by atoms with Gasteiger partial charge in [-0.25, -0.2) is 9.59 Å². The van der Waals surface area contributed by atoms with Gasteiger partial charge in [0.15, 0.2) is 11.5 Å². The zero-order valence-electron chi connectivity index (χ0n) is 20.5. The van der Waals surface area contributed by atoms with Crippen LogP contribution in [-0.4, -0.2) is 55.5 Å². The average molecular weight is 483 g/mol. The molecule has 0 bridgehead atoms. The van der Waals surface area contributed by atoms with Gasteiger partial charge in [0.05, 0.1) is 30.7 Å². The molecule has 35 heavy (non-hydrogen) atoms. The van der Waals surface area contributed by atoms with Crippen LogP contribution in [0.4, 0.5) is 16.2 Å². The smallest absolute Gasteiger partial charge is 0.414 e. The van der Waals surface area contributed by atoms with Gasteiger partial charge in [0.2, 0.25) is 0 Å². The number of carbonyl (C=O) groups is 3. The van der Waals surface area contributed by atoms with Gasteiger partial charge >= 0.3 is 12.1 Å². The first-order valence-corrected chi connectivity index (χ1v) is 11.2. The molecule has 9 nitrogen and oxygen atoms in total. The highest BCUT2D eigenvalue weighted by Crippen LogP contribution is 2.36. The largest absolute Gasteiger partial charge is 0.504 e. The second-order valence-corrected chi connectivity index (χ2v) is 8.81. The summed E-state index contributed by atoms with van der Waals surface area (Å²) in [6.07, 6.45) is 2.39. The minimum atomic E-state index is -0.713. The Morgan fingerprint density at radius 1 is 1.03 bits per heavy atom. The van der Waals surface area contributed by atoms with Crippen molar-refractivity contribution in [1.82, 2.24) is 0 Å². The summed E-state index contributed by atoms with van der Waals surface area (Å²) >= 11 is 0. The van der Waals surface area contributed by atoms with Crippen molar-refractivity contribution in [3.63, 3.8) is 0 Å². The number of fused-ring (bicyclic) bond motifs is 1. The number of anilines is 2. The number of aromatic hydroxyl groups is 1. The van der Waals surface area contributed by atoms with E-state index >= 15 is 0 Å². The fourth-order valence-electron chi connectivity index (χ4n) is 3.55. The molecule has 0 unspecified atom stereocenters. The summed E-state index contributed by atoms with van der Waals surface area (Å²) in [6, 6.07) is 9.50. The van der Waals surface area contributed by atoms with Gasteiger partial charge in [-0.3, -0.25) is 9.69 Å². The maximum absolute atomic E-state index is 13.1. The maximum atomic E-state index is 13.1. The minimum absolute atomic E-state index is 0.0371. The van der Waals surface area contributed by atoms with Crippen molar-refractivity contribution in [3.05, 3.63) is 53.6 Å². The summed E-state index contributed by atoms with van der Waals surface area (Å²) < 4.78 is 15.7. The zero-order valence-corrected chi connectivity index (χ0v) is 20.5. The van der Waals surface area contributed by atoms with Crippen molar-refractivity contribution in [1.29, 1.82) is 0 Å². The lowest BCUT2D eigenvalue weighted by Gasteiger charge is -2.37.